The lowest BCUT2D eigenvalue weighted by molar-refractivity contribution is 0.0548. The Labute approximate surface area is 127 Å². The Morgan fingerprint density at radius 1 is 1.26 bits per heavy atom. The molecule has 1 amide bonds. The van der Waals surface area contributed by atoms with E-state index >= 15 is 0 Å². The minimum absolute atomic E-state index is 0.0999. The largest absolute Gasteiger partial charge is 0.335 e. The van der Waals surface area contributed by atoms with Crippen LogP contribution in [-0.4, -0.2) is 23.4 Å². The molecule has 2 unspecified atom stereocenters. The Morgan fingerprint density at radius 2 is 2.05 bits per heavy atom. The molecule has 1 saturated carbocycles. The van der Waals surface area contributed by atoms with E-state index in [1.54, 1.807) is 0 Å². The summed E-state index contributed by atoms with van der Waals surface area (Å²) in [6, 6.07) is 6.01. The minimum Gasteiger partial charge on any atom is -0.335 e. The zero-order chi connectivity index (χ0) is 13.4. The molecule has 0 radical (unpaired) electrons. The lowest BCUT2D eigenvalue weighted by Gasteiger charge is -2.38. The van der Waals surface area contributed by atoms with Crippen molar-refractivity contribution in [1.82, 2.24) is 4.90 Å². The van der Waals surface area contributed by atoms with Crippen molar-refractivity contribution in [2.45, 2.75) is 38.1 Å². The number of hydrogen-bond acceptors (Lipinski definition) is 1. The highest BCUT2D eigenvalue weighted by molar-refractivity contribution is 9.10. The number of rotatable bonds is 1. The quantitative estimate of drug-likeness (QED) is 0.735. The van der Waals surface area contributed by atoms with E-state index in [4.69, 9.17) is 11.6 Å². The molecular weight excluding hydrogens is 326 g/mol. The van der Waals surface area contributed by atoms with Gasteiger partial charge in [-0.3, -0.25) is 4.79 Å². The number of nitrogens with zero attached hydrogens (tertiary/aromatic N) is 1. The number of likely N-dealkylation sites (tertiary alicyclic amines) is 1. The van der Waals surface area contributed by atoms with Gasteiger partial charge in [0, 0.05) is 17.1 Å². The van der Waals surface area contributed by atoms with Gasteiger partial charge < -0.3 is 4.90 Å². The van der Waals surface area contributed by atoms with Crippen molar-refractivity contribution >= 4 is 33.4 Å². The summed E-state index contributed by atoms with van der Waals surface area (Å²) in [5.41, 5.74) is 0.628. The summed E-state index contributed by atoms with van der Waals surface area (Å²) in [5.74, 6) is 0.812. The maximum atomic E-state index is 12.7. The van der Waals surface area contributed by atoms with Crippen LogP contribution in [0.2, 0.25) is 5.02 Å². The van der Waals surface area contributed by atoms with Crippen molar-refractivity contribution < 1.29 is 4.79 Å². The zero-order valence-electron chi connectivity index (χ0n) is 10.7. The fourth-order valence-corrected chi connectivity index (χ4v) is 4.10. The number of carbonyl (C=O) groups excluding carboxylic acids is 1. The van der Waals surface area contributed by atoms with Crippen molar-refractivity contribution in [2.75, 3.05) is 6.54 Å². The Kier molecular flexibility index (Phi) is 3.86. The molecular formula is C15H17BrClNO. The van der Waals surface area contributed by atoms with Crippen LogP contribution in [0.5, 0.6) is 0 Å². The predicted molar refractivity (Wildman–Crippen MR) is 80.6 cm³/mol. The van der Waals surface area contributed by atoms with Crippen molar-refractivity contribution in [3.63, 3.8) is 0 Å². The molecule has 2 nitrogen and oxygen atoms in total. The van der Waals surface area contributed by atoms with Gasteiger partial charge in [0.25, 0.3) is 5.91 Å². The number of carbonyl (C=O) groups is 1. The van der Waals surface area contributed by atoms with Gasteiger partial charge in [0.1, 0.15) is 0 Å². The molecule has 1 aromatic carbocycles. The molecule has 2 aliphatic rings. The van der Waals surface area contributed by atoms with Gasteiger partial charge in [0.05, 0.1) is 10.6 Å². The number of amides is 1. The second kappa shape index (κ2) is 5.45. The number of halogens is 2. The maximum absolute atomic E-state index is 12.7. The predicted octanol–water partition coefficient (Wildman–Crippen LogP) is 4.51. The molecule has 4 heteroatoms. The van der Waals surface area contributed by atoms with E-state index in [0.717, 1.165) is 23.9 Å². The molecule has 1 aliphatic carbocycles. The molecule has 1 heterocycles. The normalized spacial score (nSPS) is 26.3. The average molecular weight is 343 g/mol. The van der Waals surface area contributed by atoms with Crippen LogP contribution in [0.3, 0.4) is 0 Å². The van der Waals surface area contributed by atoms with Gasteiger partial charge in [-0.15, -0.1) is 0 Å². The van der Waals surface area contributed by atoms with Crippen molar-refractivity contribution in [2.24, 2.45) is 5.92 Å². The second-order valence-electron chi connectivity index (χ2n) is 5.50. The first kappa shape index (κ1) is 13.4. The topological polar surface area (TPSA) is 20.3 Å². The van der Waals surface area contributed by atoms with Crippen LogP contribution in [-0.2, 0) is 0 Å². The van der Waals surface area contributed by atoms with Crippen LogP contribution in [0.15, 0.2) is 22.7 Å². The van der Waals surface area contributed by atoms with Gasteiger partial charge in [-0.25, -0.2) is 0 Å². The Balaban J connectivity index is 1.88. The minimum atomic E-state index is 0.0999. The van der Waals surface area contributed by atoms with E-state index in [1.807, 2.05) is 18.2 Å². The van der Waals surface area contributed by atoms with E-state index in [1.165, 1.54) is 19.3 Å². The molecule has 2 atom stereocenters. The number of hydrogen-bond donors (Lipinski definition) is 0. The Bertz CT molecular complexity index is 505. The van der Waals surface area contributed by atoms with Crippen LogP contribution in [0.4, 0.5) is 0 Å². The van der Waals surface area contributed by atoms with Crippen molar-refractivity contribution in [3.05, 3.63) is 33.3 Å². The first-order valence-corrected chi connectivity index (χ1v) is 8.10. The number of benzene rings is 1. The molecule has 0 bridgehead atoms. The van der Waals surface area contributed by atoms with Crippen LogP contribution in [0.25, 0.3) is 0 Å². The third-order valence-electron chi connectivity index (χ3n) is 4.44. The lowest BCUT2D eigenvalue weighted by Crippen LogP contribution is -2.46. The highest BCUT2D eigenvalue weighted by atomic mass is 79.9. The molecule has 0 aromatic heterocycles. The van der Waals surface area contributed by atoms with Crippen LogP contribution < -0.4 is 0 Å². The van der Waals surface area contributed by atoms with Gasteiger partial charge in [0.15, 0.2) is 0 Å². The van der Waals surface area contributed by atoms with E-state index in [-0.39, 0.29) is 5.91 Å². The molecule has 1 saturated heterocycles. The Morgan fingerprint density at radius 3 is 2.89 bits per heavy atom. The standard InChI is InChI=1S/C15H17BrClNO/c16-12-7-2-6-11(14(12)17)15(19)18-9-3-5-10-4-1-8-13(10)18/h2,6-7,10,13H,1,3-5,8-9H2. The fourth-order valence-electron chi connectivity index (χ4n) is 3.53. The number of fused-ring (bicyclic) bond motifs is 1. The maximum Gasteiger partial charge on any atom is 0.255 e. The zero-order valence-corrected chi connectivity index (χ0v) is 13.1. The van der Waals surface area contributed by atoms with E-state index in [2.05, 4.69) is 20.8 Å². The summed E-state index contributed by atoms with van der Waals surface area (Å²) in [6.07, 6.45) is 6.09. The first-order chi connectivity index (χ1) is 9.18. The van der Waals surface area contributed by atoms with Gasteiger partial charge in [0.2, 0.25) is 0 Å². The highest BCUT2D eigenvalue weighted by Crippen LogP contribution is 2.38. The number of piperidine rings is 1. The molecule has 0 N–H and O–H groups in total. The van der Waals surface area contributed by atoms with Crippen LogP contribution >= 0.6 is 27.5 Å². The third kappa shape index (κ3) is 2.43. The van der Waals surface area contributed by atoms with E-state index in [0.29, 0.717) is 22.5 Å². The second-order valence-corrected chi connectivity index (χ2v) is 6.73. The van der Waals surface area contributed by atoms with Crippen molar-refractivity contribution in [3.8, 4) is 0 Å². The van der Waals surface area contributed by atoms with Gasteiger partial charge in [-0.05, 0) is 59.7 Å². The van der Waals surface area contributed by atoms with Gasteiger partial charge in [-0.2, -0.15) is 0 Å². The molecule has 0 spiro atoms. The van der Waals surface area contributed by atoms with Crippen LogP contribution in [0, 0.1) is 5.92 Å². The van der Waals surface area contributed by atoms with Gasteiger partial charge >= 0.3 is 0 Å². The average Bonchev–Trinajstić information content (AvgIpc) is 2.89. The SMILES string of the molecule is O=C(c1cccc(Br)c1Cl)N1CCCC2CCCC21. The highest BCUT2D eigenvalue weighted by Gasteiger charge is 2.37. The van der Waals surface area contributed by atoms with E-state index < -0.39 is 0 Å². The molecule has 19 heavy (non-hydrogen) atoms. The van der Waals surface area contributed by atoms with Crippen molar-refractivity contribution in [1.29, 1.82) is 0 Å². The van der Waals surface area contributed by atoms with Gasteiger partial charge in [-0.1, -0.05) is 24.1 Å². The molecule has 102 valence electrons. The monoisotopic (exact) mass is 341 g/mol. The molecule has 1 aliphatic heterocycles. The lowest BCUT2D eigenvalue weighted by atomic mass is 9.91. The molecule has 3 rings (SSSR count). The third-order valence-corrected chi connectivity index (χ3v) is 5.73. The Hall–Kier alpha value is -0.540. The summed E-state index contributed by atoms with van der Waals surface area (Å²) in [4.78, 5) is 14.8. The summed E-state index contributed by atoms with van der Waals surface area (Å²) in [6.45, 7) is 0.878. The first-order valence-electron chi connectivity index (χ1n) is 6.93. The molecule has 2 fully saturated rings. The molecule has 1 aromatic rings. The van der Waals surface area contributed by atoms with E-state index in [9.17, 15) is 4.79 Å². The van der Waals surface area contributed by atoms with Crippen LogP contribution in [0.1, 0.15) is 42.5 Å². The summed E-state index contributed by atoms with van der Waals surface area (Å²) in [7, 11) is 0. The smallest absolute Gasteiger partial charge is 0.255 e. The summed E-state index contributed by atoms with van der Waals surface area (Å²) in [5, 5.41) is 0.535. The fraction of sp³-hybridized carbons (Fsp3) is 0.533. The summed E-state index contributed by atoms with van der Waals surface area (Å²) < 4.78 is 0.792. The summed E-state index contributed by atoms with van der Waals surface area (Å²) >= 11 is 9.65.